The maximum absolute atomic E-state index is 12.1. The Morgan fingerprint density at radius 2 is 1.87 bits per heavy atom. The van der Waals surface area contributed by atoms with Crippen LogP contribution >= 0.6 is 0 Å². The van der Waals surface area contributed by atoms with E-state index in [4.69, 9.17) is 5.11 Å². The molecule has 15 heavy (non-hydrogen) atoms. The van der Waals surface area contributed by atoms with Crippen molar-refractivity contribution in [2.45, 2.75) is 25.9 Å². The van der Waals surface area contributed by atoms with Crippen LogP contribution in [-0.2, 0) is 0 Å². The summed E-state index contributed by atoms with van der Waals surface area (Å²) in [6.45, 7) is 2.27. The second kappa shape index (κ2) is 5.16. The van der Waals surface area contributed by atoms with Crippen molar-refractivity contribution in [2.24, 2.45) is 11.8 Å². The summed E-state index contributed by atoms with van der Waals surface area (Å²) in [5.74, 6) is 0.581. The van der Waals surface area contributed by atoms with Crippen LogP contribution in [0, 0.1) is 11.8 Å². The lowest BCUT2D eigenvalue weighted by Gasteiger charge is -2.34. The molecule has 0 bridgehead atoms. The van der Waals surface area contributed by atoms with Gasteiger partial charge in [-0.15, -0.1) is 0 Å². The second-order valence-corrected chi connectivity index (χ2v) is 4.39. The number of halogens is 3. The van der Waals surface area contributed by atoms with E-state index in [-0.39, 0.29) is 12.5 Å². The fraction of sp³-hybridized carbons (Fsp3) is 1.00. The van der Waals surface area contributed by atoms with Gasteiger partial charge in [-0.1, -0.05) is 6.92 Å². The quantitative estimate of drug-likeness (QED) is 0.792. The Labute approximate surface area is 88.1 Å². The van der Waals surface area contributed by atoms with Gasteiger partial charge in [0.1, 0.15) is 0 Å². The van der Waals surface area contributed by atoms with Crippen LogP contribution in [0.3, 0.4) is 0 Å². The molecule has 0 saturated carbocycles. The number of likely N-dealkylation sites (tertiary alicyclic amines) is 1. The van der Waals surface area contributed by atoms with E-state index >= 15 is 0 Å². The van der Waals surface area contributed by atoms with E-state index in [1.165, 1.54) is 4.90 Å². The van der Waals surface area contributed by atoms with Gasteiger partial charge >= 0.3 is 6.18 Å². The van der Waals surface area contributed by atoms with Crippen molar-refractivity contribution in [1.82, 2.24) is 4.90 Å². The van der Waals surface area contributed by atoms with Gasteiger partial charge in [0.15, 0.2) is 0 Å². The Bertz CT molecular complexity index is 188. The normalized spacial score (nSPS) is 23.0. The zero-order valence-corrected chi connectivity index (χ0v) is 8.93. The average molecular weight is 225 g/mol. The molecule has 1 unspecified atom stereocenters. The minimum atomic E-state index is -4.09. The highest BCUT2D eigenvalue weighted by Gasteiger charge is 2.33. The first-order valence-corrected chi connectivity index (χ1v) is 5.32. The first kappa shape index (κ1) is 12.8. The minimum Gasteiger partial charge on any atom is -0.396 e. The zero-order chi connectivity index (χ0) is 11.5. The molecule has 2 nitrogen and oxygen atoms in total. The molecule has 1 N–H and O–H groups in total. The first-order chi connectivity index (χ1) is 6.92. The number of aliphatic hydroxyl groups excluding tert-OH is 1. The largest absolute Gasteiger partial charge is 0.401 e. The van der Waals surface area contributed by atoms with Crippen molar-refractivity contribution < 1.29 is 18.3 Å². The van der Waals surface area contributed by atoms with E-state index < -0.39 is 12.7 Å². The lowest BCUT2D eigenvalue weighted by Crippen LogP contribution is -2.41. The van der Waals surface area contributed by atoms with Crippen LogP contribution in [-0.4, -0.2) is 42.4 Å². The summed E-state index contributed by atoms with van der Waals surface area (Å²) in [4.78, 5) is 1.45. The number of aliphatic hydroxyl groups is 1. The standard InChI is InChI=1S/C10H18F3NO/c1-8(6-15)9-2-4-14(5-3-9)7-10(11,12)13/h8-9,15H,2-7H2,1H3. The number of hydrogen-bond acceptors (Lipinski definition) is 2. The third-order valence-corrected chi connectivity index (χ3v) is 3.13. The highest BCUT2D eigenvalue weighted by Crippen LogP contribution is 2.26. The molecule has 1 fully saturated rings. The summed E-state index contributed by atoms with van der Waals surface area (Å²) in [5, 5.41) is 8.95. The molecular formula is C10H18F3NO. The topological polar surface area (TPSA) is 23.5 Å². The van der Waals surface area contributed by atoms with Crippen molar-refractivity contribution in [3.8, 4) is 0 Å². The molecule has 0 spiro atoms. The van der Waals surface area contributed by atoms with Crippen LogP contribution in [0.4, 0.5) is 13.2 Å². The Balaban J connectivity index is 2.30. The van der Waals surface area contributed by atoms with Crippen LogP contribution < -0.4 is 0 Å². The van der Waals surface area contributed by atoms with E-state index in [2.05, 4.69) is 0 Å². The van der Waals surface area contributed by atoms with Crippen LogP contribution in [0.2, 0.25) is 0 Å². The summed E-state index contributed by atoms with van der Waals surface area (Å²) in [6, 6.07) is 0. The van der Waals surface area contributed by atoms with E-state index in [0.717, 1.165) is 12.8 Å². The fourth-order valence-corrected chi connectivity index (χ4v) is 2.08. The Morgan fingerprint density at radius 3 is 2.27 bits per heavy atom. The summed E-state index contributed by atoms with van der Waals surface area (Å²) in [7, 11) is 0. The molecule has 0 aromatic rings. The minimum absolute atomic E-state index is 0.129. The molecule has 0 aromatic carbocycles. The summed E-state index contributed by atoms with van der Waals surface area (Å²) in [5.41, 5.74) is 0. The van der Waals surface area contributed by atoms with Crippen LogP contribution in [0.15, 0.2) is 0 Å². The Hall–Kier alpha value is -0.290. The third-order valence-electron chi connectivity index (χ3n) is 3.13. The highest BCUT2D eigenvalue weighted by atomic mass is 19.4. The molecule has 1 aliphatic rings. The van der Waals surface area contributed by atoms with Crippen molar-refractivity contribution in [3.05, 3.63) is 0 Å². The van der Waals surface area contributed by atoms with E-state index in [1.54, 1.807) is 0 Å². The van der Waals surface area contributed by atoms with Gasteiger partial charge in [-0.2, -0.15) is 13.2 Å². The average Bonchev–Trinajstić information content (AvgIpc) is 2.15. The molecular weight excluding hydrogens is 207 g/mol. The van der Waals surface area contributed by atoms with Crippen LogP contribution in [0.25, 0.3) is 0 Å². The molecule has 0 amide bonds. The summed E-state index contributed by atoms with van der Waals surface area (Å²) < 4.78 is 36.2. The zero-order valence-electron chi connectivity index (χ0n) is 8.93. The van der Waals surface area contributed by atoms with Gasteiger partial charge < -0.3 is 5.11 Å². The molecule has 1 rings (SSSR count). The molecule has 1 aliphatic heterocycles. The Kier molecular flexibility index (Phi) is 4.40. The summed E-state index contributed by atoms with van der Waals surface area (Å²) >= 11 is 0. The fourth-order valence-electron chi connectivity index (χ4n) is 2.08. The third kappa shape index (κ3) is 4.38. The number of nitrogens with zero attached hydrogens (tertiary/aromatic N) is 1. The van der Waals surface area contributed by atoms with Gasteiger partial charge in [-0.3, -0.25) is 4.90 Å². The van der Waals surface area contributed by atoms with Crippen molar-refractivity contribution in [3.63, 3.8) is 0 Å². The summed E-state index contributed by atoms with van der Waals surface area (Å²) in [6.07, 6.45) is -2.56. The van der Waals surface area contributed by atoms with Gasteiger partial charge in [-0.05, 0) is 37.8 Å². The van der Waals surface area contributed by atoms with Gasteiger partial charge in [0, 0.05) is 6.61 Å². The van der Waals surface area contributed by atoms with E-state index in [0.29, 0.717) is 19.0 Å². The number of hydrogen-bond donors (Lipinski definition) is 1. The smallest absolute Gasteiger partial charge is 0.396 e. The van der Waals surface area contributed by atoms with Crippen molar-refractivity contribution >= 4 is 0 Å². The predicted octanol–water partition coefficient (Wildman–Crippen LogP) is 1.89. The highest BCUT2D eigenvalue weighted by molar-refractivity contribution is 4.76. The first-order valence-electron chi connectivity index (χ1n) is 5.32. The van der Waals surface area contributed by atoms with Crippen LogP contribution in [0.5, 0.6) is 0 Å². The van der Waals surface area contributed by atoms with Crippen molar-refractivity contribution in [1.29, 1.82) is 0 Å². The number of alkyl halides is 3. The van der Waals surface area contributed by atoms with Gasteiger partial charge in [-0.25, -0.2) is 0 Å². The molecule has 1 saturated heterocycles. The SMILES string of the molecule is CC(CO)C1CCN(CC(F)(F)F)CC1. The molecule has 1 atom stereocenters. The van der Waals surface area contributed by atoms with Crippen LogP contribution in [0.1, 0.15) is 19.8 Å². The molecule has 0 aliphatic carbocycles. The van der Waals surface area contributed by atoms with Gasteiger partial charge in [0.25, 0.3) is 0 Å². The monoisotopic (exact) mass is 225 g/mol. The molecule has 90 valence electrons. The lowest BCUT2D eigenvalue weighted by molar-refractivity contribution is -0.149. The molecule has 0 radical (unpaired) electrons. The number of piperidine rings is 1. The van der Waals surface area contributed by atoms with E-state index in [9.17, 15) is 13.2 Å². The van der Waals surface area contributed by atoms with Gasteiger partial charge in [0.2, 0.25) is 0 Å². The molecule has 0 aromatic heterocycles. The maximum atomic E-state index is 12.1. The molecule has 5 heteroatoms. The van der Waals surface area contributed by atoms with Gasteiger partial charge in [0.05, 0.1) is 6.54 Å². The predicted molar refractivity (Wildman–Crippen MR) is 51.5 cm³/mol. The second-order valence-electron chi connectivity index (χ2n) is 4.39. The lowest BCUT2D eigenvalue weighted by atomic mass is 9.86. The maximum Gasteiger partial charge on any atom is 0.401 e. The van der Waals surface area contributed by atoms with E-state index in [1.807, 2.05) is 6.92 Å². The number of rotatable bonds is 3. The Morgan fingerprint density at radius 1 is 1.33 bits per heavy atom. The van der Waals surface area contributed by atoms with Crippen molar-refractivity contribution in [2.75, 3.05) is 26.2 Å². The molecule has 1 heterocycles.